The smallest absolute Gasteiger partial charge is 0.221 e. The number of rotatable bonds is 4. The van der Waals surface area contributed by atoms with Gasteiger partial charge >= 0.3 is 0 Å². The zero-order valence-corrected chi connectivity index (χ0v) is 14.9. The Morgan fingerprint density at radius 2 is 2.04 bits per heavy atom. The molecule has 1 N–H and O–H groups in total. The predicted octanol–water partition coefficient (Wildman–Crippen LogP) is 2.05. The quantitative estimate of drug-likeness (QED) is 0.777. The molecule has 1 saturated heterocycles. The minimum atomic E-state index is 0.303. The summed E-state index contributed by atoms with van der Waals surface area (Å²) in [6.45, 7) is 6.00. The van der Waals surface area contributed by atoms with Crippen molar-refractivity contribution in [3.8, 4) is 17.0 Å². The van der Waals surface area contributed by atoms with Gasteiger partial charge in [-0.1, -0.05) is 0 Å². The van der Waals surface area contributed by atoms with Gasteiger partial charge in [0.25, 0.3) is 0 Å². The number of aryl methyl sites for hydroxylation is 1. The molecule has 0 unspecified atom stereocenters. The molecule has 26 heavy (non-hydrogen) atoms. The molecule has 1 aliphatic heterocycles. The lowest BCUT2D eigenvalue weighted by Crippen LogP contribution is -2.44. The molecule has 4 heterocycles. The average molecular weight is 350 g/mol. The van der Waals surface area contributed by atoms with E-state index in [4.69, 9.17) is 9.72 Å². The zero-order valence-electron chi connectivity index (χ0n) is 14.9. The van der Waals surface area contributed by atoms with Gasteiger partial charge in [0, 0.05) is 49.7 Å². The van der Waals surface area contributed by atoms with E-state index < -0.39 is 0 Å². The van der Waals surface area contributed by atoms with Gasteiger partial charge in [0.05, 0.1) is 11.8 Å². The number of piperazine rings is 1. The highest BCUT2D eigenvalue weighted by atomic mass is 16.5. The standard InChI is InChI=1S/C19H22N6O/c1-13-12-25-18(23-17(13)24-9-7-20-8-10-24)16(11-22-25)15-3-2-6-21-19(15)26-14-4-5-14/h2-3,6,11-12,14,20H,4-5,7-10H2,1H3. The van der Waals surface area contributed by atoms with Gasteiger partial charge in [-0.2, -0.15) is 5.10 Å². The van der Waals surface area contributed by atoms with Gasteiger partial charge in [0.1, 0.15) is 11.9 Å². The number of aromatic nitrogens is 4. The molecule has 7 nitrogen and oxygen atoms in total. The Morgan fingerprint density at radius 1 is 1.19 bits per heavy atom. The van der Waals surface area contributed by atoms with Crippen LogP contribution in [0.5, 0.6) is 5.88 Å². The summed E-state index contributed by atoms with van der Waals surface area (Å²) in [4.78, 5) is 11.8. The van der Waals surface area contributed by atoms with Crippen molar-refractivity contribution in [3.63, 3.8) is 0 Å². The summed E-state index contributed by atoms with van der Waals surface area (Å²) in [5.74, 6) is 1.71. The van der Waals surface area contributed by atoms with Crippen LogP contribution in [0, 0.1) is 6.92 Å². The van der Waals surface area contributed by atoms with Crippen LogP contribution in [0.3, 0.4) is 0 Å². The third-order valence-corrected chi connectivity index (χ3v) is 4.93. The van der Waals surface area contributed by atoms with Crippen LogP contribution in [0.25, 0.3) is 16.8 Å². The summed E-state index contributed by atoms with van der Waals surface area (Å²) in [5.41, 5.74) is 3.90. The highest BCUT2D eigenvalue weighted by molar-refractivity contribution is 5.81. The minimum Gasteiger partial charge on any atom is -0.474 e. The lowest BCUT2D eigenvalue weighted by molar-refractivity contribution is 0.292. The fourth-order valence-electron chi connectivity index (χ4n) is 3.41. The first-order valence-electron chi connectivity index (χ1n) is 9.22. The third kappa shape index (κ3) is 2.78. The first kappa shape index (κ1) is 15.6. The molecular formula is C19H22N6O. The molecule has 0 amide bonds. The molecule has 0 radical (unpaired) electrons. The van der Waals surface area contributed by atoms with E-state index in [0.717, 1.165) is 67.2 Å². The molecule has 3 aromatic rings. The first-order valence-corrected chi connectivity index (χ1v) is 9.22. The number of hydrogen-bond donors (Lipinski definition) is 1. The van der Waals surface area contributed by atoms with Crippen molar-refractivity contribution in [2.24, 2.45) is 0 Å². The van der Waals surface area contributed by atoms with Crippen molar-refractivity contribution in [1.82, 2.24) is 24.9 Å². The fraction of sp³-hybridized carbons (Fsp3) is 0.421. The molecule has 0 spiro atoms. The monoisotopic (exact) mass is 350 g/mol. The van der Waals surface area contributed by atoms with Crippen molar-refractivity contribution in [2.45, 2.75) is 25.9 Å². The summed E-state index contributed by atoms with van der Waals surface area (Å²) in [7, 11) is 0. The van der Waals surface area contributed by atoms with Crippen LogP contribution >= 0.6 is 0 Å². The van der Waals surface area contributed by atoms with Gasteiger partial charge in [-0.05, 0) is 31.9 Å². The lowest BCUT2D eigenvalue weighted by atomic mass is 10.1. The maximum Gasteiger partial charge on any atom is 0.221 e. The Morgan fingerprint density at radius 3 is 2.85 bits per heavy atom. The fourth-order valence-corrected chi connectivity index (χ4v) is 3.41. The second-order valence-electron chi connectivity index (χ2n) is 6.98. The number of anilines is 1. The molecule has 2 aliphatic rings. The van der Waals surface area contributed by atoms with Crippen LogP contribution in [0.1, 0.15) is 18.4 Å². The van der Waals surface area contributed by atoms with E-state index >= 15 is 0 Å². The van der Waals surface area contributed by atoms with E-state index in [0.29, 0.717) is 12.0 Å². The van der Waals surface area contributed by atoms with Crippen molar-refractivity contribution in [1.29, 1.82) is 0 Å². The van der Waals surface area contributed by atoms with Crippen molar-refractivity contribution in [3.05, 3.63) is 36.3 Å². The molecule has 7 heteroatoms. The summed E-state index contributed by atoms with van der Waals surface area (Å²) in [6, 6.07) is 3.97. The van der Waals surface area contributed by atoms with Crippen LogP contribution in [0.15, 0.2) is 30.7 Å². The highest BCUT2D eigenvalue weighted by Crippen LogP contribution is 2.35. The normalized spacial score (nSPS) is 17.7. The molecule has 2 fully saturated rings. The Kier molecular flexibility index (Phi) is 3.74. The van der Waals surface area contributed by atoms with E-state index in [1.807, 2.05) is 22.8 Å². The molecule has 0 aromatic carbocycles. The Bertz CT molecular complexity index is 942. The van der Waals surface area contributed by atoms with Crippen molar-refractivity contribution in [2.75, 3.05) is 31.1 Å². The second-order valence-corrected chi connectivity index (χ2v) is 6.98. The van der Waals surface area contributed by atoms with Crippen LogP contribution in [0.4, 0.5) is 5.82 Å². The van der Waals surface area contributed by atoms with Gasteiger partial charge in [-0.3, -0.25) is 0 Å². The number of ether oxygens (including phenoxy) is 1. The van der Waals surface area contributed by atoms with E-state index in [2.05, 4.69) is 33.4 Å². The van der Waals surface area contributed by atoms with Crippen LogP contribution in [-0.4, -0.2) is 51.9 Å². The highest BCUT2D eigenvalue weighted by Gasteiger charge is 2.26. The first-order chi connectivity index (χ1) is 12.8. The Balaban J connectivity index is 1.60. The van der Waals surface area contributed by atoms with E-state index in [1.54, 1.807) is 6.20 Å². The van der Waals surface area contributed by atoms with Gasteiger partial charge in [-0.15, -0.1) is 0 Å². The third-order valence-electron chi connectivity index (χ3n) is 4.93. The van der Waals surface area contributed by atoms with Gasteiger partial charge in [0.15, 0.2) is 5.65 Å². The number of nitrogens with one attached hydrogen (secondary N) is 1. The molecule has 5 rings (SSSR count). The zero-order chi connectivity index (χ0) is 17.5. The molecular weight excluding hydrogens is 328 g/mol. The SMILES string of the molecule is Cc1cn2ncc(-c3cccnc3OC3CC3)c2nc1N1CCNCC1. The second kappa shape index (κ2) is 6.25. The largest absolute Gasteiger partial charge is 0.474 e. The molecule has 1 aliphatic carbocycles. The van der Waals surface area contributed by atoms with E-state index in [-0.39, 0.29) is 0 Å². The number of pyridine rings is 1. The van der Waals surface area contributed by atoms with Crippen LogP contribution < -0.4 is 15.0 Å². The molecule has 3 aromatic heterocycles. The number of fused-ring (bicyclic) bond motifs is 1. The minimum absolute atomic E-state index is 0.303. The van der Waals surface area contributed by atoms with E-state index in [9.17, 15) is 0 Å². The number of hydrogen-bond acceptors (Lipinski definition) is 6. The maximum absolute atomic E-state index is 6.00. The van der Waals surface area contributed by atoms with Gasteiger partial charge in [0.2, 0.25) is 5.88 Å². The molecule has 134 valence electrons. The molecule has 0 bridgehead atoms. The summed E-state index contributed by atoms with van der Waals surface area (Å²) in [5, 5.41) is 7.91. The average Bonchev–Trinajstić information content (AvgIpc) is 3.40. The van der Waals surface area contributed by atoms with Crippen LogP contribution in [-0.2, 0) is 0 Å². The van der Waals surface area contributed by atoms with E-state index in [1.165, 1.54) is 0 Å². The summed E-state index contributed by atoms with van der Waals surface area (Å²) >= 11 is 0. The predicted molar refractivity (Wildman–Crippen MR) is 99.7 cm³/mol. The van der Waals surface area contributed by atoms with Crippen molar-refractivity contribution < 1.29 is 4.74 Å². The topological polar surface area (TPSA) is 67.6 Å². The molecule has 0 atom stereocenters. The lowest BCUT2D eigenvalue weighted by Gasteiger charge is -2.29. The Hall–Kier alpha value is -2.67. The number of nitrogens with zero attached hydrogens (tertiary/aromatic N) is 5. The van der Waals surface area contributed by atoms with Crippen molar-refractivity contribution >= 4 is 11.5 Å². The van der Waals surface area contributed by atoms with Gasteiger partial charge < -0.3 is 15.0 Å². The Labute approximate surface area is 152 Å². The maximum atomic E-state index is 6.00. The van der Waals surface area contributed by atoms with Gasteiger partial charge in [-0.25, -0.2) is 14.5 Å². The summed E-state index contributed by atoms with van der Waals surface area (Å²) < 4.78 is 7.86. The van der Waals surface area contributed by atoms with Crippen LogP contribution in [0.2, 0.25) is 0 Å². The molecule has 1 saturated carbocycles. The summed E-state index contributed by atoms with van der Waals surface area (Å²) in [6.07, 6.45) is 8.21.